The Morgan fingerprint density at radius 1 is 1.67 bits per heavy atom. The van der Waals surface area contributed by atoms with E-state index in [0.29, 0.717) is 5.92 Å². The number of Topliss-reactive ketones (excluding diaryl/α,β-unsaturated/α-hetero) is 1. The Balaban J connectivity index is 2.70. The van der Waals surface area contributed by atoms with Gasteiger partial charge in [0, 0.05) is 19.6 Å². The zero-order valence-electron chi connectivity index (χ0n) is 7.78. The lowest BCUT2D eigenvalue weighted by molar-refractivity contribution is -0.121. The van der Waals surface area contributed by atoms with Crippen LogP contribution in [0.3, 0.4) is 0 Å². The molecule has 3 nitrogen and oxygen atoms in total. The third kappa shape index (κ3) is 1.68. The highest BCUT2D eigenvalue weighted by molar-refractivity contribution is 7.13. The SMILES string of the molecule is CO[C@H]1CN(P)[C@H](C(C)=O)C1C. The molecule has 0 aromatic heterocycles. The van der Waals surface area contributed by atoms with Crippen molar-refractivity contribution in [3.05, 3.63) is 0 Å². The number of hydrogen-bond donors (Lipinski definition) is 0. The van der Waals surface area contributed by atoms with Gasteiger partial charge in [-0.2, -0.15) is 0 Å². The summed E-state index contributed by atoms with van der Waals surface area (Å²) in [5.41, 5.74) is 0. The Labute approximate surface area is 75.7 Å². The lowest BCUT2D eigenvalue weighted by Crippen LogP contribution is -2.32. The Kier molecular flexibility index (Phi) is 3.22. The monoisotopic (exact) mass is 189 g/mol. The van der Waals surface area contributed by atoms with Crippen LogP contribution in [0.5, 0.6) is 0 Å². The second-order valence-electron chi connectivity index (χ2n) is 3.39. The summed E-state index contributed by atoms with van der Waals surface area (Å²) in [5.74, 6) is 0.516. The summed E-state index contributed by atoms with van der Waals surface area (Å²) in [5, 5.41) is 0. The number of carbonyl (C=O) groups is 1. The third-order valence-electron chi connectivity index (χ3n) is 2.55. The van der Waals surface area contributed by atoms with Crippen LogP contribution in [0.2, 0.25) is 0 Å². The molecule has 1 aliphatic heterocycles. The van der Waals surface area contributed by atoms with Crippen LogP contribution in [0.4, 0.5) is 0 Å². The molecule has 0 spiro atoms. The molecule has 4 atom stereocenters. The number of hydrogen-bond acceptors (Lipinski definition) is 3. The summed E-state index contributed by atoms with van der Waals surface area (Å²) in [7, 11) is 4.29. The van der Waals surface area contributed by atoms with E-state index in [-0.39, 0.29) is 17.9 Å². The summed E-state index contributed by atoms with van der Waals surface area (Å²) in [6, 6.07) is 0.0138. The lowest BCUT2D eigenvalue weighted by atomic mass is 9.98. The summed E-state index contributed by atoms with van der Waals surface area (Å²) >= 11 is 0. The van der Waals surface area contributed by atoms with E-state index in [9.17, 15) is 4.79 Å². The van der Waals surface area contributed by atoms with Gasteiger partial charge in [0.05, 0.1) is 12.1 Å². The second kappa shape index (κ2) is 3.82. The van der Waals surface area contributed by atoms with Gasteiger partial charge in [0.2, 0.25) is 0 Å². The number of nitrogens with zero attached hydrogens (tertiary/aromatic N) is 1. The summed E-state index contributed by atoms with van der Waals surface area (Å²) in [6.07, 6.45) is 0.191. The molecule has 1 aliphatic rings. The van der Waals surface area contributed by atoms with Crippen LogP contribution >= 0.6 is 9.39 Å². The van der Waals surface area contributed by atoms with Crippen molar-refractivity contribution in [1.82, 2.24) is 4.67 Å². The van der Waals surface area contributed by atoms with Gasteiger partial charge in [0.1, 0.15) is 5.78 Å². The normalized spacial score (nSPS) is 37.2. The lowest BCUT2D eigenvalue weighted by Gasteiger charge is -2.19. The molecule has 1 heterocycles. The summed E-state index contributed by atoms with van der Waals surface area (Å²) in [4.78, 5) is 11.2. The standard InChI is InChI=1S/C8H16NO2P/c1-5-7(11-3)4-9(12)8(5)6(2)10/h5,7-8H,4,12H2,1-3H3/t5?,7-,8-/m0/s1. The van der Waals surface area contributed by atoms with Gasteiger partial charge in [-0.1, -0.05) is 16.3 Å². The van der Waals surface area contributed by atoms with Crippen LogP contribution in [0.1, 0.15) is 13.8 Å². The number of ketones is 1. The van der Waals surface area contributed by atoms with Crippen molar-refractivity contribution in [3.8, 4) is 0 Å². The van der Waals surface area contributed by atoms with E-state index in [1.165, 1.54) is 0 Å². The minimum atomic E-state index is 0.0138. The summed E-state index contributed by atoms with van der Waals surface area (Å²) < 4.78 is 7.25. The number of methoxy groups -OCH3 is 1. The van der Waals surface area contributed by atoms with Crippen molar-refractivity contribution in [2.45, 2.75) is 26.0 Å². The van der Waals surface area contributed by atoms with Crippen LogP contribution in [0.15, 0.2) is 0 Å². The van der Waals surface area contributed by atoms with Gasteiger partial charge in [-0.3, -0.25) is 9.46 Å². The van der Waals surface area contributed by atoms with E-state index >= 15 is 0 Å². The van der Waals surface area contributed by atoms with Crippen LogP contribution in [0, 0.1) is 5.92 Å². The molecule has 0 saturated carbocycles. The predicted molar refractivity (Wildman–Crippen MR) is 50.8 cm³/mol. The van der Waals surface area contributed by atoms with E-state index in [2.05, 4.69) is 16.3 Å². The van der Waals surface area contributed by atoms with E-state index in [1.807, 2.05) is 4.67 Å². The van der Waals surface area contributed by atoms with Gasteiger partial charge < -0.3 is 4.74 Å². The van der Waals surface area contributed by atoms with E-state index in [4.69, 9.17) is 4.74 Å². The molecule has 0 aromatic carbocycles. The maximum atomic E-state index is 11.2. The fraction of sp³-hybridized carbons (Fsp3) is 0.875. The zero-order chi connectivity index (χ0) is 9.30. The molecule has 1 saturated heterocycles. The molecule has 70 valence electrons. The fourth-order valence-corrected chi connectivity index (χ4v) is 2.58. The highest BCUT2D eigenvalue weighted by atomic mass is 31.0. The van der Waals surface area contributed by atoms with Gasteiger partial charge in [-0.25, -0.2) is 0 Å². The van der Waals surface area contributed by atoms with Crippen molar-refractivity contribution in [2.24, 2.45) is 5.92 Å². The van der Waals surface area contributed by atoms with E-state index in [0.717, 1.165) is 6.54 Å². The Hall–Kier alpha value is 0.0200. The maximum absolute atomic E-state index is 11.2. The second-order valence-corrected chi connectivity index (χ2v) is 4.05. The van der Waals surface area contributed by atoms with Crippen molar-refractivity contribution in [1.29, 1.82) is 0 Å². The number of ether oxygens (including phenoxy) is 1. The third-order valence-corrected chi connectivity index (χ3v) is 3.08. The minimum Gasteiger partial charge on any atom is -0.380 e. The first-order chi connectivity index (χ1) is 5.57. The molecule has 0 radical (unpaired) electrons. The smallest absolute Gasteiger partial charge is 0.147 e. The molecule has 0 amide bonds. The molecule has 0 aliphatic carbocycles. The maximum Gasteiger partial charge on any atom is 0.147 e. The fourth-order valence-electron chi connectivity index (χ4n) is 1.89. The topological polar surface area (TPSA) is 29.5 Å². The van der Waals surface area contributed by atoms with Crippen LogP contribution in [0.25, 0.3) is 0 Å². The Bertz CT molecular complexity index is 186. The largest absolute Gasteiger partial charge is 0.380 e. The molecule has 0 N–H and O–H groups in total. The van der Waals surface area contributed by atoms with E-state index < -0.39 is 0 Å². The highest BCUT2D eigenvalue weighted by Crippen LogP contribution is 2.29. The molecule has 12 heavy (non-hydrogen) atoms. The first-order valence-corrected chi connectivity index (χ1v) is 4.64. The molecule has 0 bridgehead atoms. The molecular formula is C8H16NO2P. The van der Waals surface area contributed by atoms with Crippen LogP contribution < -0.4 is 0 Å². The molecular weight excluding hydrogens is 173 g/mol. The van der Waals surface area contributed by atoms with Crippen molar-refractivity contribution in [3.63, 3.8) is 0 Å². The van der Waals surface area contributed by atoms with Crippen LogP contribution in [-0.2, 0) is 9.53 Å². The number of carbonyl (C=O) groups excluding carboxylic acids is 1. The van der Waals surface area contributed by atoms with Gasteiger partial charge in [-0.15, -0.1) is 0 Å². The minimum absolute atomic E-state index is 0.0138. The van der Waals surface area contributed by atoms with E-state index in [1.54, 1.807) is 14.0 Å². The first kappa shape index (κ1) is 10.1. The van der Waals surface area contributed by atoms with Gasteiger partial charge >= 0.3 is 0 Å². The van der Waals surface area contributed by atoms with Crippen LogP contribution in [-0.4, -0.2) is 36.3 Å². The van der Waals surface area contributed by atoms with Crippen molar-refractivity contribution < 1.29 is 9.53 Å². The highest BCUT2D eigenvalue weighted by Gasteiger charge is 2.39. The van der Waals surface area contributed by atoms with Gasteiger partial charge in [0.25, 0.3) is 0 Å². The Morgan fingerprint density at radius 3 is 2.50 bits per heavy atom. The van der Waals surface area contributed by atoms with Gasteiger partial charge in [-0.05, 0) is 6.92 Å². The molecule has 0 aromatic rings. The number of rotatable bonds is 2. The first-order valence-electron chi connectivity index (χ1n) is 4.12. The molecule has 4 heteroatoms. The van der Waals surface area contributed by atoms with Crippen molar-refractivity contribution >= 4 is 15.2 Å². The molecule has 1 rings (SSSR count). The van der Waals surface area contributed by atoms with Crippen molar-refractivity contribution in [2.75, 3.05) is 13.7 Å². The quantitative estimate of drug-likeness (QED) is 0.599. The molecule has 2 unspecified atom stereocenters. The average Bonchev–Trinajstić information content (AvgIpc) is 2.25. The molecule has 1 fully saturated rings. The van der Waals surface area contributed by atoms with Gasteiger partial charge in [0.15, 0.2) is 0 Å². The predicted octanol–water partition coefficient (Wildman–Crippen LogP) is 0.701. The zero-order valence-corrected chi connectivity index (χ0v) is 8.93. The Morgan fingerprint density at radius 2 is 2.25 bits per heavy atom. The average molecular weight is 189 g/mol. The summed E-state index contributed by atoms with van der Waals surface area (Å²) in [6.45, 7) is 4.52.